The first kappa shape index (κ1) is 17.0. The number of hydrogen-bond donors (Lipinski definition) is 1. The first-order valence-corrected chi connectivity index (χ1v) is 8.19. The number of aromatic nitrogens is 2. The van der Waals surface area contributed by atoms with E-state index < -0.39 is 11.7 Å². The highest BCUT2D eigenvalue weighted by atomic mass is 19.4. The van der Waals surface area contributed by atoms with Gasteiger partial charge in [-0.25, -0.2) is 4.98 Å². The maximum absolute atomic E-state index is 13.2. The first-order chi connectivity index (χ1) is 12.9. The Balaban J connectivity index is 1.77. The van der Waals surface area contributed by atoms with E-state index in [1.165, 1.54) is 12.1 Å². The van der Waals surface area contributed by atoms with Gasteiger partial charge in [0.25, 0.3) is 5.56 Å². The molecular weight excluding hydrogens is 353 g/mol. The van der Waals surface area contributed by atoms with Gasteiger partial charge in [-0.1, -0.05) is 54.6 Å². The molecular formula is C21H13F3N2O. The lowest BCUT2D eigenvalue weighted by molar-refractivity contribution is -0.137. The fourth-order valence-electron chi connectivity index (χ4n) is 3.01. The van der Waals surface area contributed by atoms with Crippen LogP contribution in [0.1, 0.15) is 5.56 Å². The van der Waals surface area contributed by atoms with Gasteiger partial charge in [0.1, 0.15) is 5.82 Å². The number of benzene rings is 3. The summed E-state index contributed by atoms with van der Waals surface area (Å²) in [6, 6.07) is 18.9. The van der Waals surface area contributed by atoms with Crippen molar-refractivity contribution in [3.05, 3.63) is 88.7 Å². The number of para-hydroxylation sites is 1. The molecule has 6 heteroatoms. The summed E-state index contributed by atoms with van der Waals surface area (Å²) in [7, 11) is 0. The Kier molecular flexibility index (Phi) is 4.03. The fraction of sp³-hybridized carbons (Fsp3) is 0.0476. The van der Waals surface area contributed by atoms with Crippen LogP contribution in [0.4, 0.5) is 13.2 Å². The van der Waals surface area contributed by atoms with Crippen molar-refractivity contribution in [2.45, 2.75) is 6.18 Å². The van der Waals surface area contributed by atoms with E-state index in [4.69, 9.17) is 0 Å². The van der Waals surface area contributed by atoms with Crippen molar-refractivity contribution in [1.82, 2.24) is 9.97 Å². The third-order valence-electron chi connectivity index (χ3n) is 4.31. The van der Waals surface area contributed by atoms with Crippen LogP contribution in [0.3, 0.4) is 0 Å². The Hall–Kier alpha value is -3.41. The van der Waals surface area contributed by atoms with Crippen molar-refractivity contribution in [3.8, 4) is 22.5 Å². The average molecular weight is 366 g/mol. The fourth-order valence-corrected chi connectivity index (χ4v) is 3.01. The molecule has 0 atom stereocenters. The molecule has 27 heavy (non-hydrogen) atoms. The Morgan fingerprint density at radius 1 is 0.778 bits per heavy atom. The van der Waals surface area contributed by atoms with Crippen LogP contribution in [0.2, 0.25) is 0 Å². The van der Waals surface area contributed by atoms with E-state index in [2.05, 4.69) is 9.97 Å². The molecule has 1 N–H and O–H groups in total. The minimum Gasteiger partial charge on any atom is -0.306 e. The number of nitrogens with one attached hydrogen (secondary N) is 1. The van der Waals surface area contributed by atoms with Gasteiger partial charge in [-0.3, -0.25) is 4.79 Å². The Labute approximate surface area is 152 Å². The number of alkyl halides is 3. The van der Waals surface area contributed by atoms with Crippen molar-refractivity contribution in [3.63, 3.8) is 0 Å². The van der Waals surface area contributed by atoms with Gasteiger partial charge < -0.3 is 4.98 Å². The van der Waals surface area contributed by atoms with Gasteiger partial charge in [0, 0.05) is 5.56 Å². The molecule has 0 saturated carbocycles. The summed E-state index contributed by atoms with van der Waals surface area (Å²) < 4.78 is 39.7. The van der Waals surface area contributed by atoms with Crippen LogP contribution < -0.4 is 5.56 Å². The maximum Gasteiger partial charge on any atom is 0.417 e. The minimum absolute atomic E-state index is 0.108. The summed E-state index contributed by atoms with van der Waals surface area (Å²) in [6.45, 7) is 0. The molecule has 0 aliphatic heterocycles. The van der Waals surface area contributed by atoms with Gasteiger partial charge in [0.05, 0.1) is 16.5 Å². The summed E-state index contributed by atoms with van der Waals surface area (Å²) in [6.07, 6.45) is -4.43. The SMILES string of the molecule is O=c1[nH]c(-c2ccc(-c3ccccc3C(F)(F)F)cc2)nc2ccccc12. The van der Waals surface area contributed by atoms with Crippen LogP contribution in [0.15, 0.2) is 77.6 Å². The molecule has 4 aromatic rings. The Bertz CT molecular complexity index is 1180. The van der Waals surface area contributed by atoms with E-state index in [1.54, 1.807) is 54.6 Å². The van der Waals surface area contributed by atoms with E-state index in [9.17, 15) is 18.0 Å². The quantitative estimate of drug-likeness (QED) is 0.525. The van der Waals surface area contributed by atoms with Gasteiger partial charge in [-0.2, -0.15) is 13.2 Å². The summed E-state index contributed by atoms with van der Waals surface area (Å²) in [4.78, 5) is 19.3. The van der Waals surface area contributed by atoms with Crippen LogP contribution in [0, 0.1) is 0 Å². The molecule has 1 aromatic heterocycles. The number of rotatable bonds is 2. The lowest BCUT2D eigenvalue weighted by Gasteiger charge is -2.13. The average Bonchev–Trinajstić information content (AvgIpc) is 2.67. The second-order valence-electron chi connectivity index (χ2n) is 6.05. The summed E-state index contributed by atoms with van der Waals surface area (Å²) in [5, 5.41) is 0.483. The number of fused-ring (bicyclic) bond motifs is 1. The molecule has 0 fully saturated rings. The molecule has 0 saturated heterocycles. The zero-order chi connectivity index (χ0) is 19.0. The highest BCUT2D eigenvalue weighted by Gasteiger charge is 2.33. The van der Waals surface area contributed by atoms with E-state index in [0.29, 0.717) is 27.9 Å². The predicted molar refractivity (Wildman–Crippen MR) is 98.2 cm³/mol. The summed E-state index contributed by atoms with van der Waals surface area (Å²) in [5.41, 5.74) is 0.775. The number of nitrogens with zero attached hydrogens (tertiary/aromatic N) is 1. The topological polar surface area (TPSA) is 45.8 Å². The van der Waals surface area contributed by atoms with E-state index in [-0.39, 0.29) is 11.1 Å². The van der Waals surface area contributed by atoms with Crippen LogP contribution in [0.25, 0.3) is 33.4 Å². The highest BCUT2D eigenvalue weighted by Crippen LogP contribution is 2.37. The molecule has 134 valence electrons. The summed E-state index contributed by atoms with van der Waals surface area (Å²) in [5.74, 6) is 0.370. The van der Waals surface area contributed by atoms with Gasteiger partial charge in [0.15, 0.2) is 0 Å². The van der Waals surface area contributed by atoms with Crippen LogP contribution in [-0.4, -0.2) is 9.97 Å². The largest absolute Gasteiger partial charge is 0.417 e. The molecule has 0 amide bonds. The van der Waals surface area contributed by atoms with Crippen LogP contribution >= 0.6 is 0 Å². The molecule has 3 aromatic carbocycles. The van der Waals surface area contributed by atoms with E-state index >= 15 is 0 Å². The normalized spacial score (nSPS) is 11.7. The number of halogens is 3. The monoisotopic (exact) mass is 366 g/mol. The first-order valence-electron chi connectivity index (χ1n) is 8.19. The van der Waals surface area contributed by atoms with Gasteiger partial charge >= 0.3 is 6.18 Å². The predicted octanol–water partition coefficient (Wildman–Crippen LogP) is 5.28. The number of H-pyrrole nitrogens is 1. The lowest BCUT2D eigenvalue weighted by Crippen LogP contribution is -2.09. The maximum atomic E-state index is 13.2. The second kappa shape index (κ2) is 6.39. The lowest BCUT2D eigenvalue weighted by atomic mass is 9.98. The zero-order valence-corrected chi connectivity index (χ0v) is 13.9. The standard InChI is InChI=1S/C21H13F3N2O/c22-21(23,24)17-7-3-1-5-15(17)13-9-11-14(12-10-13)19-25-18-8-4-2-6-16(18)20(27)26-19/h1-12H,(H,25,26,27). The van der Waals surface area contributed by atoms with Crippen molar-refractivity contribution in [2.24, 2.45) is 0 Å². The van der Waals surface area contributed by atoms with E-state index in [0.717, 1.165) is 6.07 Å². The molecule has 0 radical (unpaired) electrons. The zero-order valence-electron chi connectivity index (χ0n) is 13.9. The smallest absolute Gasteiger partial charge is 0.306 e. The van der Waals surface area contributed by atoms with Crippen molar-refractivity contribution < 1.29 is 13.2 Å². The molecule has 3 nitrogen and oxygen atoms in total. The molecule has 4 rings (SSSR count). The van der Waals surface area contributed by atoms with Crippen LogP contribution in [-0.2, 0) is 6.18 Å². The van der Waals surface area contributed by atoms with E-state index in [1.807, 2.05) is 0 Å². The summed E-state index contributed by atoms with van der Waals surface area (Å²) >= 11 is 0. The highest BCUT2D eigenvalue weighted by molar-refractivity contribution is 5.79. The number of hydrogen-bond acceptors (Lipinski definition) is 2. The Morgan fingerprint density at radius 2 is 1.41 bits per heavy atom. The molecule has 0 spiro atoms. The van der Waals surface area contributed by atoms with Gasteiger partial charge in [-0.05, 0) is 29.3 Å². The van der Waals surface area contributed by atoms with Crippen molar-refractivity contribution in [2.75, 3.05) is 0 Å². The van der Waals surface area contributed by atoms with Crippen molar-refractivity contribution in [1.29, 1.82) is 0 Å². The minimum atomic E-state index is -4.43. The van der Waals surface area contributed by atoms with Gasteiger partial charge in [0.2, 0.25) is 0 Å². The molecule has 0 bridgehead atoms. The van der Waals surface area contributed by atoms with Gasteiger partial charge in [-0.15, -0.1) is 0 Å². The molecule has 0 aliphatic carbocycles. The molecule has 0 unspecified atom stereocenters. The second-order valence-corrected chi connectivity index (χ2v) is 6.05. The van der Waals surface area contributed by atoms with Crippen molar-refractivity contribution >= 4 is 10.9 Å². The van der Waals surface area contributed by atoms with Crippen LogP contribution in [0.5, 0.6) is 0 Å². The Morgan fingerprint density at radius 3 is 2.15 bits per heavy atom. The third-order valence-corrected chi connectivity index (χ3v) is 4.31. The third kappa shape index (κ3) is 3.21. The molecule has 1 heterocycles. The molecule has 0 aliphatic rings. The number of aromatic amines is 1.